The topological polar surface area (TPSA) is 78.7 Å². The van der Waals surface area contributed by atoms with Crippen molar-refractivity contribution in [3.63, 3.8) is 0 Å². The van der Waals surface area contributed by atoms with Crippen LogP contribution < -0.4 is 31.9 Å². The van der Waals surface area contributed by atoms with E-state index in [-0.39, 0.29) is 6.67 Å². The van der Waals surface area contributed by atoms with Crippen LogP contribution in [-0.4, -0.2) is 121 Å². The third kappa shape index (κ3) is 12.9. The maximum absolute atomic E-state index is 13.0. The molecule has 0 aliphatic carbocycles. The van der Waals surface area contributed by atoms with Crippen molar-refractivity contribution in [2.24, 2.45) is 0 Å². The molecule has 2 heterocycles. The fraction of sp³-hybridized carbons (Fsp3) is 0.778. The molecular weight excluding hydrogens is 455 g/mol. The van der Waals surface area contributed by atoms with E-state index in [4.69, 9.17) is 0 Å². The van der Waals surface area contributed by atoms with E-state index in [2.05, 4.69) is 59.9 Å². The van der Waals surface area contributed by atoms with Crippen LogP contribution in [0.4, 0.5) is 4.39 Å². The third-order valence-corrected chi connectivity index (χ3v) is 6.86. The molecular formula is C27H51FN8. The number of rotatable bonds is 7. The maximum Gasteiger partial charge on any atom is 0.0897 e. The fourth-order valence-electron chi connectivity index (χ4n) is 4.90. The average Bonchev–Trinajstić information content (AvgIpc) is 2.86. The fourth-order valence-corrected chi connectivity index (χ4v) is 4.90. The zero-order chi connectivity index (χ0) is 25.1. The van der Waals surface area contributed by atoms with Gasteiger partial charge < -0.3 is 31.9 Å². The van der Waals surface area contributed by atoms with Crippen LogP contribution in [0.1, 0.15) is 23.1 Å². The maximum atomic E-state index is 13.0. The lowest BCUT2D eigenvalue weighted by molar-refractivity contribution is 0.259. The minimum absolute atomic E-state index is 0.254. The molecule has 1 aromatic carbocycles. The average molecular weight is 507 g/mol. The zero-order valence-electron chi connectivity index (χ0n) is 22.4. The van der Waals surface area contributed by atoms with Crippen LogP contribution in [0.2, 0.25) is 0 Å². The summed E-state index contributed by atoms with van der Waals surface area (Å²) in [5.74, 6) is 0. The molecule has 2 fully saturated rings. The highest BCUT2D eigenvalue weighted by Gasteiger charge is 2.12. The molecule has 0 bridgehead atoms. The van der Waals surface area contributed by atoms with Crippen molar-refractivity contribution in [3.05, 3.63) is 34.9 Å². The molecule has 3 rings (SSSR count). The van der Waals surface area contributed by atoms with Gasteiger partial charge in [0.1, 0.15) is 0 Å². The Bertz CT molecular complexity index is 617. The first-order valence-electron chi connectivity index (χ1n) is 14.2. The molecule has 0 radical (unpaired) electrons. The number of hydrogen-bond donors (Lipinski definition) is 6. The summed E-state index contributed by atoms with van der Waals surface area (Å²) in [5.41, 5.74) is 3.98. The molecule has 1 aromatic rings. The molecule has 36 heavy (non-hydrogen) atoms. The summed E-state index contributed by atoms with van der Waals surface area (Å²) in [4.78, 5) is 5.09. The molecule has 0 spiro atoms. The Hall–Kier alpha value is -1.17. The lowest BCUT2D eigenvalue weighted by atomic mass is 10.0. The largest absolute Gasteiger partial charge is 0.314 e. The van der Waals surface area contributed by atoms with E-state index in [0.29, 0.717) is 6.42 Å². The molecule has 0 amide bonds. The summed E-state index contributed by atoms with van der Waals surface area (Å²) in [6.07, 6.45) is 1.41. The Morgan fingerprint density at radius 2 is 0.833 bits per heavy atom. The number of benzene rings is 1. The van der Waals surface area contributed by atoms with Crippen molar-refractivity contribution >= 4 is 0 Å². The van der Waals surface area contributed by atoms with Crippen LogP contribution in [-0.2, 0) is 19.5 Å². The highest BCUT2D eigenvalue weighted by Crippen LogP contribution is 2.16. The van der Waals surface area contributed by atoms with Gasteiger partial charge in [0.05, 0.1) is 6.67 Å². The summed E-state index contributed by atoms with van der Waals surface area (Å²) in [6, 6.07) is 7.01. The summed E-state index contributed by atoms with van der Waals surface area (Å²) in [6.45, 7) is 17.8. The van der Waals surface area contributed by atoms with E-state index in [0.717, 1.165) is 124 Å². The van der Waals surface area contributed by atoms with Gasteiger partial charge in [-0.1, -0.05) is 18.2 Å². The molecule has 0 unspecified atom stereocenters. The second-order valence-corrected chi connectivity index (χ2v) is 10.0. The van der Waals surface area contributed by atoms with Gasteiger partial charge in [-0.2, -0.15) is 0 Å². The van der Waals surface area contributed by atoms with Gasteiger partial charge in [-0.15, -0.1) is 0 Å². The number of halogens is 1. The quantitative estimate of drug-likeness (QED) is 0.303. The molecule has 8 nitrogen and oxygen atoms in total. The normalized spacial score (nSPS) is 21.6. The van der Waals surface area contributed by atoms with E-state index in [9.17, 15) is 4.39 Å². The van der Waals surface area contributed by atoms with Gasteiger partial charge in [-0.3, -0.25) is 14.2 Å². The monoisotopic (exact) mass is 506 g/mol. The van der Waals surface area contributed by atoms with Crippen LogP contribution in [0, 0.1) is 0 Å². The van der Waals surface area contributed by atoms with Crippen LogP contribution in [0.3, 0.4) is 0 Å². The van der Waals surface area contributed by atoms with E-state index < -0.39 is 0 Å². The predicted octanol–water partition coefficient (Wildman–Crippen LogP) is -0.242. The van der Waals surface area contributed by atoms with E-state index in [1.54, 1.807) is 0 Å². The molecule has 2 aliphatic rings. The van der Waals surface area contributed by atoms with Crippen molar-refractivity contribution in [1.82, 2.24) is 41.7 Å². The number of nitrogens with one attached hydrogen (secondary N) is 6. The number of alkyl halides is 1. The molecule has 206 valence electrons. The van der Waals surface area contributed by atoms with E-state index >= 15 is 0 Å². The summed E-state index contributed by atoms with van der Waals surface area (Å²) < 4.78 is 13.0. The highest BCUT2D eigenvalue weighted by atomic mass is 19.1. The van der Waals surface area contributed by atoms with Gasteiger partial charge in [-0.25, -0.2) is 0 Å². The molecule has 2 aliphatic heterocycles. The Morgan fingerprint density at radius 3 is 1.19 bits per heavy atom. The molecule has 2 saturated heterocycles. The number of hydrogen-bond acceptors (Lipinski definition) is 8. The van der Waals surface area contributed by atoms with Gasteiger partial charge >= 0.3 is 0 Å². The van der Waals surface area contributed by atoms with Crippen LogP contribution in [0.25, 0.3) is 0 Å². The van der Waals surface area contributed by atoms with Crippen molar-refractivity contribution < 1.29 is 4.39 Å². The van der Waals surface area contributed by atoms with Gasteiger partial charge in [0.2, 0.25) is 0 Å². The summed E-state index contributed by atoms with van der Waals surface area (Å²) >= 11 is 0. The van der Waals surface area contributed by atoms with Crippen LogP contribution >= 0.6 is 0 Å². The standard InChI is InChI=1S/C27H51FN8/c28-3-1-2-25-20-26(23-35-16-12-31-8-4-29-5-9-32-13-17-35)22-27(21-25)24-36-18-14-33-10-6-30-7-11-34-15-19-36/h20-22,29-34H,1-19,23-24H2. The second kappa shape index (κ2) is 19.0. The Morgan fingerprint density at radius 1 is 0.500 bits per heavy atom. The van der Waals surface area contributed by atoms with Crippen LogP contribution in [0.5, 0.6) is 0 Å². The number of nitrogens with zero attached hydrogens (tertiary/aromatic N) is 2. The predicted molar refractivity (Wildman–Crippen MR) is 149 cm³/mol. The summed E-state index contributed by atoms with van der Waals surface area (Å²) in [7, 11) is 0. The van der Waals surface area contributed by atoms with Crippen LogP contribution in [0.15, 0.2) is 18.2 Å². The smallest absolute Gasteiger partial charge is 0.0897 e. The van der Waals surface area contributed by atoms with Crippen molar-refractivity contribution in [2.75, 3.05) is 111 Å². The molecule has 0 saturated carbocycles. The molecule has 0 aromatic heterocycles. The third-order valence-electron chi connectivity index (χ3n) is 6.86. The first-order valence-corrected chi connectivity index (χ1v) is 14.2. The SMILES string of the molecule is FCCCc1cc(CN2CCNCCNCCNCC2)cc(CN2CCNCCNCCNCC2)c1. The van der Waals surface area contributed by atoms with E-state index in [1.165, 1.54) is 16.7 Å². The van der Waals surface area contributed by atoms with Gasteiger partial charge in [0.15, 0.2) is 0 Å². The van der Waals surface area contributed by atoms with E-state index in [1.807, 2.05) is 0 Å². The molecule has 9 heteroatoms. The van der Waals surface area contributed by atoms with Crippen molar-refractivity contribution in [2.45, 2.75) is 25.9 Å². The Balaban J connectivity index is 1.65. The first-order chi connectivity index (χ1) is 17.8. The Labute approximate surface area is 218 Å². The summed E-state index contributed by atoms with van der Waals surface area (Å²) in [5, 5.41) is 21.2. The molecule has 0 atom stereocenters. The first kappa shape index (κ1) is 29.4. The van der Waals surface area contributed by atoms with Gasteiger partial charge in [0.25, 0.3) is 0 Å². The molecule has 6 N–H and O–H groups in total. The van der Waals surface area contributed by atoms with Crippen molar-refractivity contribution in [3.8, 4) is 0 Å². The van der Waals surface area contributed by atoms with Gasteiger partial charge in [0, 0.05) is 118 Å². The van der Waals surface area contributed by atoms with Crippen molar-refractivity contribution in [1.29, 1.82) is 0 Å². The zero-order valence-corrected chi connectivity index (χ0v) is 22.4. The Kier molecular flexibility index (Phi) is 15.5. The second-order valence-electron chi connectivity index (χ2n) is 10.0. The minimum Gasteiger partial charge on any atom is -0.314 e. The lowest BCUT2D eigenvalue weighted by Crippen LogP contribution is -2.41. The number of aryl methyl sites for hydroxylation is 1. The highest BCUT2D eigenvalue weighted by molar-refractivity contribution is 5.30. The lowest BCUT2D eigenvalue weighted by Gasteiger charge is -2.26. The van der Waals surface area contributed by atoms with Gasteiger partial charge in [-0.05, 0) is 29.5 Å². The minimum atomic E-state index is -0.254.